The van der Waals surface area contributed by atoms with Crippen molar-refractivity contribution in [2.24, 2.45) is 0 Å². The number of halogens is 1. The van der Waals surface area contributed by atoms with Crippen LogP contribution in [0.2, 0.25) is 0 Å². The van der Waals surface area contributed by atoms with E-state index in [-0.39, 0.29) is 5.56 Å². The molecule has 35 heavy (non-hydrogen) atoms. The molecule has 0 aliphatic carbocycles. The van der Waals surface area contributed by atoms with Crippen molar-refractivity contribution in [3.05, 3.63) is 89.8 Å². The molecule has 182 valence electrons. The molecule has 0 aliphatic heterocycles. The van der Waals surface area contributed by atoms with Gasteiger partial charge in [0, 0.05) is 40.2 Å². The molecule has 4 aromatic rings. The highest BCUT2D eigenvalue weighted by atomic mass is 79.9. The molecule has 0 saturated heterocycles. The van der Waals surface area contributed by atoms with Gasteiger partial charge in [-0.25, -0.2) is 0 Å². The monoisotopic (exact) mass is 553 g/mol. The number of hydrogen-bond acceptors (Lipinski definition) is 6. The van der Waals surface area contributed by atoms with Crippen LogP contribution in [0.1, 0.15) is 46.8 Å². The van der Waals surface area contributed by atoms with E-state index < -0.39 is 5.60 Å². The number of nitrogens with zero attached hydrogens (tertiary/aromatic N) is 3. The summed E-state index contributed by atoms with van der Waals surface area (Å²) in [6.07, 6.45) is 3.50. The minimum Gasteiger partial charge on any atom is -0.487 e. The van der Waals surface area contributed by atoms with E-state index in [9.17, 15) is 9.90 Å². The number of aromatic nitrogens is 3. The van der Waals surface area contributed by atoms with Crippen LogP contribution in [0.15, 0.2) is 51.3 Å². The molecule has 0 aromatic carbocycles. The number of thiophene rings is 1. The molecule has 4 aromatic heterocycles. The average Bonchev–Trinajstić information content (AvgIpc) is 3.21. The maximum Gasteiger partial charge on any atom is 0.273 e. The number of ether oxygens (including phenoxy) is 1. The summed E-state index contributed by atoms with van der Waals surface area (Å²) in [5.41, 5.74) is 5.19. The molecular weight excluding hydrogens is 526 g/mol. The van der Waals surface area contributed by atoms with Crippen LogP contribution in [0, 0.1) is 27.7 Å². The first kappa shape index (κ1) is 25.3. The van der Waals surface area contributed by atoms with Crippen molar-refractivity contribution in [2.45, 2.75) is 53.8 Å². The van der Waals surface area contributed by atoms with E-state index in [0.29, 0.717) is 28.2 Å². The first-order valence-corrected chi connectivity index (χ1v) is 12.9. The molecule has 0 unspecified atom stereocenters. The van der Waals surface area contributed by atoms with Crippen LogP contribution in [0.5, 0.6) is 5.75 Å². The fraction of sp³-hybridized carbons (Fsp3) is 0.296. The standard InChI is InChI=1S/C27H28BrN3O3S/c1-15-11-30-24(27(5,6)33)9-20(15)21-10-22(16(2)12-29-21)31-17(3)7-23(25(28)26(31)32)34-13-19-8-18(4)35-14-19/h7-12,14,33H,13H2,1-6H3. The molecule has 0 aliphatic rings. The summed E-state index contributed by atoms with van der Waals surface area (Å²) in [7, 11) is 0. The highest BCUT2D eigenvalue weighted by Gasteiger charge is 2.21. The summed E-state index contributed by atoms with van der Waals surface area (Å²) in [5, 5.41) is 12.5. The van der Waals surface area contributed by atoms with Gasteiger partial charge in [0.05, 0.1) is 17.1 Å². The highest BCUT2D eigenvalue weighted by molar-refractivity contribution is 9.10. The molecule has 0 spiro atoms. The first-order chi connectivity index (χ1) is 16.5. The Bertz CT molecular complexity index is 1470. The van der Waals surface area contributed by atoms with E-state index in [1.165, 1.54) is 4.88 Å². The Labute approximate surface area is 217 Å². The van der Waals surface area contributed by atoms with Crippen LogP contribution in [-0.4, -0.2) is 19.6 Å². The number of pyridine rings is 3. The lowest BCUT2D eigenvalue weighted by Crippen LogP contribution is -2.23. The zero-order valence-corrected chi connectivity index (χ0v) is 23.0. The van der Waals surface area contributed by atoms with Crippen molar-refractivity contribution in [2.75, 3.05) is 0 Å². The van der Waals surface area contributed by atoms with Gasteiger partial charge < -0.3 is 9.84 Å². The van der Waals surface area contributed by atoms with Crippen LogP contribution >= 0.6 is 27.3 Å². The third kappa shape index (κ3) is 5.24. The van der Waals surface area contributed by atoms with Gasteiger partial charge >= 0.3 is 0 Å². The largest absolute Gasteiger partial charge is 0.487 e. The Morgan fingerprint density at radius 3 is 2.43 bits per heavy atom. The summed E-state index contributed by atoms with van der Waals surface area (Å²) < 4.78 is 8.01. The van der Waals surface area contributed by atoms with Gasteiger partial charge in [-0.15, -0.1) is 11.3 Å². The zero-order chi connectivity index (χ0) is 25.5. The molecule has 4 heterocycles. The lowest BCUT2D eigenvalue weighted by atomic mass is 9.98. The van der Waals surface area contributed by atoms with Gasteiger partial charge in [-0.3, -0.25) is 19.3 Å². The zero-order valence-electron chi connectivity index (χ0n) is 20.6. The summed E-state index contributed by atoms with van der Waals surface area (Å²) >= 11 is 5.14. The van der Waals surface area contributed by atoms with Crippen molar-refractivity contribution in [1.29, 1.82) is 0 Å². The molecule has 0 amide bonds. The normalized spacial score (nSPS) is 11.7. The van der Waals surface area contributed by atoms with Gasteiger partial charge in [-0.2, -0.15) is 0 Å². The van der Waals surface area contributed by atoms with Gasteiger partial charge in [-0.05, 0) is 92.2 Å². The second-order valence-electron chi connectivity index (χ2n) is 9.26. The van der Waals surface area contributed by atoms with Gasteiger partial charge in [0.25, 0.3) is 5.56 Å². The predicted molar refractivity (Wildman–Crippen MR) is 144 cm³/mol. The Balaban J connectivity index is 1.76. The van der Waals surface area contributed by atoms with E-state index >= 15 is 0 Å². The molecule has 1 N–H and O–H groups in total. The molecule has 6 nitrogen and oxygen atoms in total. The molecule has 0 fully saturated rings. The van der Waals surface area contributed by atoms with Crippen molar-refractivity contribution in [1.82, 2.24) is 14.5 Å². The summed E-state index contributed by atoms with van der Waals surface area (Å²) in [6.45, 7) is 11.6. The highest BCUT2D eigenvalue weighted by Crippen LogP contribution is 2.30. The molecule has 0 radical (unpaired) electrons. The molecule has 8 heteroatoms. The number of aryl methyl sites for hydroxylation is 4. The Hall–Kier alpha value is -2.81. The molecular formula is C27H28BrN3O3S. The van der Waals surface area contributed by atoms with Crippen LogP contribution in [0.3, 0.4) is 0 Å². The van der Waals surface area contributed by atoms with Crippen LogP contribution in [-0.2, 0) is 12.2 Å². The fourth-order valence-electron chi connectivity index (χ4n) is 3.86. The number of hydrogen-bond donors (Lipinski definition) is 1. The van der Waals surface area contributed by atoms with E-state index in [1.54, 1.807) is 42.1 Å². The summed E-state index contributed by atoms with van der Waals surface area (Å²) in [6, 6.07) is 7.71. The Morgan fingerprint density at radius 2 is 1.77 bits per heavy atom. The smallest absolute Gasteiger partial charge is 0.273 e. The second kappa shape index (κ2) is 9.68. The second-order valence-corrected chi connectivity index (χ2v) is 11.2. The third-order valence-corrected chi connectivity index (χ3v) is 7.44. The summed E-state index contributed by atoms with van der Waals surface area (Å²) in [4.78, 5) is 23.7. The van der Waals surface area contributed by atoms with Crippen LogP contribution < -0.4 is 10.3 Å². The molecule has 0 atom stereocenters. The minimum atomic E-state index is -1.08. The topological polar surface area (TPSA) is 77.2 Å². The van der Waals surface area contributed by atoms with Crippen molar-refractivity contribution >= 4 is 27.3 Å². The Kier molecular flexibility index (Phi) is 6.99. The average molecular weight is 555 g/mol. The molecule has 0 bridgehead atoms. The van der Waals surface area contributed by atoms with Crippen LogP contribution in [0.4, 0.5) is 0 Å². The number of rotatable bonds is 6. The lowest BCUT2D eigenvalue weighted by Gasteiger charge is -2.19. The third-order valence-electron chi connectivity index (χ3n) is 5.80. The van der Waals surface area contributed by atoms with Gasteiger partial charge in [0.2, 0.25) is 0 Å². The number of aliphatic hydroxyl groups is 1. The van der Waals surface area contributed by atoms with Crippen molar-refractivity contribution in [3.63, 3.8) is 0 Å². The van der Waals surface area contributed by atoms with Crippen molar-refractivity contribution in [3.8, 4) is 22.7 Å². The first-order valence-electron chi connectivity index (χ1n) is 11.2. The minimum absolute atomic E-state index is 0.203. The molecule has 0 saturated carbocycles. The quantitative estimate of drug-likeness (QED) is 0.309. The predicted octanol–water partition coefficient (Wildman–Crippen LogP) is 6.16. The van der Waals surface area contributed by atoms with Crippen LogP contribution in [0.25, 0.3) is 16.9 Å². The lowest BCUT2D eigenvalue weighted by molar-refractivity contribution is 0.0739. The maximum atomic E-state index is 13.5. The van der Waals surface area contributed by atoms with E-state index in [1.807, 2.05) is 39.0 Å². The Morgan fingerprint density at radius 1 is 1.06 bits per heavy atom. The van der Waals surface area contributed by atoms with Gasteiger partial charge in [0.15, 0.2) is 0 Å². The van der Waals surface area contributed by atoms with E-state index in [0.717, 1.165) is 33.6 Å². The maximum absolute atomic E-state index is 13.5. The SMILES string of the molecule is Cc1cc(COc2cc(C)n(-c3cc(-c4cc(C(C)(C)O)ncc4C)ncc3C)c(=O)c2Br)cs1. The fourth-order valence-corrected chi connectivity index (χ4v) is 4.95. The van der Waals surface area contributed by atoms with Gasteiger partial charge in [-0.1, -0.05) is 0 Å². The summed E-state index contributed by atoms with van der Waals surface area (Å²) in [5.74, 6) is 0.513. The van der Waals surface area contributed by atoms with E-state index in [4.69, 9.17) is 4.74 Å². The van der Waals surface area contributed by atoms with E-state index in [2.05, 4.69) is 44.3 Å². The van der Waals surface area contributed by atoms with Gasteiger partial charge in [0.1, 0.15) is 22.4 Å². The molecule has 4 rings (SSSR count). The van der Waals surface area contributed by atoms with Crippen molar-refractivity contribution < 1.29 is 9.84 Å².